The minimum absolute atomic E-state index is 0.0597. The molecule has 0 saturated heterocycles. The Labute approximate surface area is 170 Å². The number of aromatic nitrogens is 1. The highest BCUT2D eigenvalue weighted by Gasteiger charge is 2.16. The number of hydrogen-bond donors (Lipinski definition) is 1. The van der Waals surface area contributed by atoms with E-state index < -0.39 is 18.5 Å². The van der Waals surface area contributed by atoms with Crippen LogP contribution in [0.1, 0.15) is 30.8 Å². The standard InChI is InChI=1S/C22H25N3O4/c1-14(2)24-21(26)13-29-22(27)18(12-23)11-17-10-15(3)25(16(17)4)19-6-8-20(28-5)9-7-19/h6-11,14H,13H2,1-5H3,(H,24,26)/b18-11+. The topological polar surface area (TPSA) is 93.3 Å². The van der Waals surface area contributed by atoms with Crippen molar-refractivity contribution in [1.82, 2.24) is 9.88 Å². The second kappa shape index (κ2) is 9.60. The summed E-state index contributed by atoms with van der Waals surface area (Å²) in [6.07, 6.45) is 1.48. The number of rotatable bonds is 7. The Morgan fingerprint density at radius 2 is 1.90 bits per heavy atom. The van der Waals surface area contributed by atoms with E-state index in [4.69, 9.17) is 9.47 Å². The number of nitriles is 1. The summed E-state index contributed by atoms with van der Waals surface area (Å²) < 4.78 is 12.2. The van der Waals surface area contributed by atoms with Crippen molar-refractivity contribution in [3.05, 3.63) is 52.9 Å². The fraction of sp³-hybridized carbons (Fsp3) is 0.318. The average Bonchev–Trinajstić information content (AvgIpc) is 2.96. The number of hydrogen-bond acceptors (Lipinski definition) is 5. The first-order valence-corrected chi connectivity index (χ1v) is 9.18. The molecule has 0 saturated carbocycles. The third-order valence-electron chi connectivity index (χ3n) is 4.23. The SMILES string of the molecule is COc1ccc(-n2c(C)cc(/C=C(\C#N)C(=O)OCC(=O)NC(C)C)c2C)cc1. The second-order valence-corrected chi connectivity index (χ2v) is 6.83. The molecule has 0 fully saturated rings. The average molecular weight is 395 g/mol. The summed E-state index contributed by atoms with van der Waals surface area (Å²) in [5, 5.41) is 12.0. The first kappa shape index (κ1) is 21.8. The van der Waals surface area contributed by atoms with Crippen molar-refractivity contribution < 1.29 is 19.1 Å². The van der Waals surface area contributed by atoms with Crippen molar-refractivity contribution in [3.63, 3.8) is 0 Å². The number of carbonyl (C=O) groups is 2. The Kier molecular flexibility index (Phi) is 7.21. The first-order chi connectivity index (χ1) is 13.8. The number of benzene rings is 1. The highest BCUT2D eigenvalue weighted by atomic mass is 16.5. The minimum atomic E-state index is -0.833. The van der Waals surface area contributed by atoms with Crippen LogP contribution >= 0.6 is 0 Å². The van der Waals surface area contributed by atoms with Gasteiger partial charge in [-0.1, -0.05) is 0 Å². The monoisotopic (exact) mass is 395 g/mol. The van der Waals surface area contributed by atoms with Crippen molar-refractivity contribution in [3.8, 4) is 17.5 Å². The molecule has 152 valence electrons. The van der Waals surface area contributed by atoms with Gasteiger partial charge in [-0.3, -0.25) is 4.79 Å². The van der Waals surface area contributed by atoms with Gasteiger partial charge >= 0.3 is 5.97 Å². The second-order valence-electron chi connectivity index (χ2n) is 6.83. The van der Waals surface area contributed by atoms with E-state index in [9.17, 15) is 14.9 Å². The molecular formula is C22H25N3O4. The van der Waals surface area contributed by atoms with Crippen LogP contribution in [0.2, 0.25) is 0 Å². The molecule has 0 aliphatic heterocycles. The van der Waals surface area contributed by atoms with Gasteiger partial charge in [0.25, 0.3) is 5.91 Å². The third-order valence-corrected chi connectivity index (χ3v) is 4.23. The van der Waals surface area contributed by atoms with Crippen LogP contribution in [0, 0.1) is 25.2 Å². The van der Waals surface area contributed by atoms with Gasteiger partial charge in [0.1, 0.15) is 17.4 Å². The van der Waals surface area contributed by atoms with Crippen molar-refractivity contribution >= 4 is 18.0 Å². The third kappa shape index (κ3) is 5.48. The van der Waals surface area contributed by atoms with Crippen LogP contribution in [0.5, 0.6) is 5.75 Å². The lowest BCUT2D eigenvalue weighted by atomic mass is 10.1. The van der Waals surface area contributed by atoms with Gasteiger partial charge in [0.15, 0.2) is 6.61 Å². The van der Waals surface area contributed by atoms with Gasteiger partial charge in [-0.2, -0.15) is 5.26 Å². The Morgan fingerprint density at radius 3 is 2.45 bits per heavy atom. The molecule has 1 N–H and O–H groups in total. The highest BCUT2D eigenvalue weighted by molar-refractivity contribution is 5.99. The van der Waals surface area contributed by atoms with E-state index in [1.165, 1.54) is 6.08 Å². The summed E-state index contributed by atoms with van der Waals surface area (Å²) in [6, 6.07) is 11.3. The molecule has 0 spiro atoms. The van der Waals surface area contributed by atoms with E-state index in [1.807, 2.05) is 54.8 Å². The number of esters is 1. The van der Waals surface area contributed by atoms with Crippen LogP contribution in [0.15, 0.2) is 35.9 Å². The highest BCUT2D eigenvalue weighted by Crippen LogP contribution is 2.24. The minimum Gasteiger partial charge on any atom is -0.497 e. The summed E-state index contributed by atoms with van der Waals surface area (Å²) in [4.78, 5) is 23.8. The normalized spacial score (nSPS) is 11.1. The molecule has 1 amide bonds. The molecule has 0 unspecified atom stereocenters. The fourth-order valence-electron chi connectivity index (χ4n) is 2.93. The largest absolute Gasteiger partial charge is 0.497 e. The Morgan fingerprint density at radius 1 is 1.24 bits per heavy atom. The zero-order valence-electron chi connectivity index (χ0n) is 17.3. The molecule has 0 bridgehead atoms. The summed E-state index contributed by atoms with van der Waals surface area (Å²) in [5.74, 6) is -0.490. The molecule has 1 aromatic carbocycles. The van der Waals surface area contributed by atoms with Crippen LogP contribution < -0.4 is 10.1 Å². The van der Waals surface area contributed by atoms with E-state index in [0.29, 0.717) is 0 Å². The van der Waals surface area contributed by atoms with Crippen molar-refractivity contribution in [1.29, 1.82) is 5.26 Å². The van der Waals surface area contributed by atoms with E-state index in [1.54, 1.807) is 21.0 Å². The smallest absolute Gasteiger partial charge is 0.349 e. The molecule has 29 heavy (non-hydrogen) atoms. The van der Waals surface area contributed by atoms with Crippen LogP contribution in [0.3, 0.4) is 0 Å². The van der Waals surface area contributed by atoms with E-state index in [0.717, 1.165) is 28.4 Å². The van der Waals surface area contributed by atoms with Crippen LogP contribution in [0.4, 0.5) is 0 Å². The lowest BCUT2D eigenvalue weighted by Gasteiger charge is -2.10. The van der Waals surface area contributed by atoms with Crippen LogP contribution in [-0.2, 0) is 14.3 Å². The van der Waals surface area contributed by atoms with Crippen molar-refractivity contribution in [2.24, 2.45) is 0 Å². The van der Waals surface area contributed by atoms with E-state index >= 15 is 0 Å². The maximum absolute atomic E-state index is 12.2. The maximum Gasteiger partial charge on any atom is 0.349 e. The van der Waals surface area contributed by atoms with Gasteiger partial charge in [0, 0.05) is 23.1 Å². The zero-order chi connectivity index (χ0) is 21.6. The van der Waals surface area contributed by atoms with Gasteiger partial charge < -0.3 is 19.4 Å². The van der Waals surface area contributed by atoms with Crippen molar-refractivity contribution in [2.45, 2.75) is 33.7 Å². The molecule has 1 heterocycles. The molecule has 2 rings (SSSR count). The number of carbonyl (C=O) groups excluding carboxylic acids is 2. The van der Waals surface area contributed by atoms with Gasteiger partial charge in [0.05, 0.1) is 7.11 Å². The van der Waals surface area contributed by atoms with Gasteiger partial charge in [-0.15, -0.1) is 0 Å². The molecule has 7 nitrogen and oxygen atoms in total. The summed E-state index contributed by atoms with van der Waals surface area (Å²) in [7, 11) is 1.61. The lowest BCUT2D eigenvalue weighted by molar-refractivity contribution is -0.144. The van der Waals surface area contributed by atoms with E-state index in [2.05, 4.69) is 5.32 Å². The summed E-state index contributed by atoms with van der Waals surface area (Å²) in [6.45, 7) is 7.02. The maximum atomic E-state index is 12.2. The lowest BCUT2D eigenvalue weighted by Crippen LogP contribution is -2.34. The number of methoxy groups -OCH3 is 1. The molecule has 0 atom stereocenters. The number of nitrogens with one attached hydrogen (secondary N) is 1. The fourth-order valence-corrected chi connectivity index (χ4v) is 2.93. The van der Waals surface area contributed by atoms with Gasteiger partial charge in [-0.05, 0) is 69.7 Å². The molecule has 0 radical (unpaired) electrons. The molecule has 2 aromatic rings. The predicted molar refractivity (Wildman–Crippen MR) is 110 cm³/mol. The van der Waals surface area contributed by atoms with Crippen molar-refractivity contribution in [2.75, 3.05) is 13.7 Å². The molecule has 7 heteroatoms. The summed E-state index contributed by atoms with van der Waals surface area (Å²) in [5.41, 5.74) is 3.30. The quantitative estimate of drug-likeness (QED) is 0.442. The number of ether oxygens (including phenoxy) is 2. The van der Waals surface area contributed by atoms with Crippen LogP contribution in [-0.4, -0.2) is 36.2 Å². The Bertz CT molecular complexity index is 963. The number of amides is 1. The summed E-state index contributed by atoms with van der Waals surface area (Å²) >= 11 is 0. The Hall–Kier alpha value is -3.53. The van der Waals surface area contributed by atoms with Gasteiger partial charge in [-0.25, -0.2) is 4.79 Å². The number of nitrogens with zero attached hydrogens (tertiary/aromatic N) is 2. The zero-order valence-corrected chi connectivity index (χ0v) is 17.3. The number of aryl methyl sites for hydroxylation is 1. The Balaban J connectivity index is 2.24. The molecular weight excluding hydrogens is 370 g/mol. The van der Waals surface area contributed by atoms with Gasteiger partial charge in [0.2, 0.25) is 0 Å². The van der Waals surface area contributed by atoms with E-state index in [-0.39, 0.29) is 11.6 Å². The first-order valence-electron chi connectivity index (χ1n) is 9.18. The van der Waals surface area contributed by atoms with Crippen LogP contribution in [0.25, 0.3) is 11.8 Å². The predicted octanol–water partition coefficient (Wildman–Crippen LogP) is 3.08. The molecule has 1 aromatic heterocycles. The molecule has 0 aliphatic carbocycles. The molecule has 0 aliphatic rings.